The SMILES string of the molecule is C[C@@H](NCC(=O)Nc1ccccc1C(=O)NC1CCCC1)c1cccc2ccccc12. The van der Waals surface area contributed by atoms with Crippen LogP contribution in [-0.2, 0) is 4.79 Å². The molecule has 0 spiro atoms. The van der Waals surface area contributed by atoms with Crippen molar-refractivity contribution in [2.24, 2.45) is 0 Å². The van der Waals surface area contributed by atoms with Crippen molar-refractivity contribution in [3.8, 4) is 0 Å². The van der Waals surface area contributed by atoms with E-state index >= 15 is 0 Å². The van der Waals surface area contributed by atoms with E-state index in [0.717, 1.165) is 31.2 Å². The first-order chi connectivity index (χ1) is 15.1. The number of para-hydroxylation sites is 1. The molecule has 5 nitrogen and oxygen atoms in total. The Balaban J connectivity index is 1.38. The Morgan fingerprint density at radius 3 is 2.48 bits per heavy atom. The predicted molar refractivity (Wildman–Crippen MR) is 125 cm³/mol. The molecule has 31 heavy (non-hydrogen) atoms. The van der Waals surface area contributed by atoms with E-state index in [0.29, 0.717) is 11.3 Å². The van der Waals surface area contributed by atoms with Crippen molar-refractivity contribution < 1.29 is 9.59 Å². The molecule has 1 aliphatic carbocycles. The van der Waals surface area contributed by atoms with Gasteiger partial charge in [-0.1, -0.05) is 67.4 Å². The molecular formula is C26H29N3O2. The van der Waals surface area contributed by atoms with Gasteiger partial charge in [0, 0.05) is 12.1 Å². The minimum atomic E-state index is -0.173. The molecule has 160 valence electrons. The van der Waals surface area contributed by atoms with Crippen molar-refractivity contribution in [3.05, 3.63) is 77.9 Å². The van der Waals surface area contributed by atoms with Crippen LogP contribution in [0, 0.1) is 0 Å². The van der Waals surface area contributed by atoms with Crippen molar-refractivity contribution in [1.29, 1.82) is 0 Å². The number of carbonyl (C=O) groups is 2. The van der Waals surface area contributed by atoms with E-state index in [-0.39, 0.29) is 30.4 Å². The summed E-state index contributed by atoms with van der Waals surface area (Å²) in [5, 5.41) is 11.7. The van der Waals surface area contributed by atoms with Gasteiger partial charge in [0.2, 0.25) is 5.91 Å². The normalized spacial score (nSPS) is 15.0. The number of benzene rings is 3. The Hall–Kier alpha value is -3.18. The Labute approximate surface area is 183 Å². The molecule has 3 aromatic rings. The second-order valence-corrected chi connectivity index (χ2v) is 8.22. The van der Waals surface area contributed by atoms with Gasteiger partial charge in [0.05, 0.1) is 17.8 Å². The highest BCUT2D eigenvalue weighted by molar-refractivity contribution is 6.04. The summed E-state index contributed by atoms with van der Waals surface area (Å²) in [4.78, 5) is 25.3. The third-order valence-corrected chi connectivity index (χ3v) is 5.99. The lowest BCUT2D eigenvalue weighted by molar-refractivity contribution is -0.115. The number of rotatable bonds is 7. The van der Waals surface area contributed by atoms with Gasteiger partial charge < -0.3 is 16.0 Å². The van der Waals surface area contributed by atoms with Gasteiger partial charge in [-0.3, -0.25) is 9.59 Å². The third kappa shape index (κ3) is 5.12. The molecule has 0 aliphatic heterocycles. The fourth-order valence-electron chi connectivity index (χ4n) is 4.30. The third-order valence-electron chi connectivity index (χ3n) is 5.99. The van der Waals surface area contributed by atoms with Crippen LogP contribution in [0.3, 0.4) is 0 Å². The first-order valence-corrected chi connectivity index (χ1v) is 11.0. The molecule has 0 saturated heterocycles. The molecule has 1 aliphatic rings. The molecule has 2 amide bonds. The summed E-state index contributed by atoms with van der Waals surface area (Å²) in [6, 6.07) is 21.9. The van der Waals surface area contributed by atoms with E-state index in [9.17, 15) is 9.59 Å². The minimum Gasteiger partial charge on any atom is -0.349 e. The molecule has 0 bridgehead atoms. The van der Waals surface area contributed by atoms with Crippen LogP contribution in [0.2, 0.25) is 0 Å². The Kier molecular flexibility index (Phi) is 6.63. The van der Waals surface area contributed by atoms with Crippen LogP contribution in [0.5, 0.6) is 0 Å². The molecule has 0 aromatic heterocycles. The number of nitrogens with one attached hydrogen (secondary N) is 3. The summed E-state index contributed by atoms with van der Waals surface area (Å²) >= 11 is 0. The van der Waals surface area contributed by atoms with Gasteiger partial charge in [-0.05, 0) is 48.2 Å². The summed E-state index contributed by atoms with van der Waals surface area (Å²) in [6.07, 6.45) is 4.36. The average Bonchev–Trinajstić information content (AvgIpc) is 3.30. The fourth-order valence-corrected chi connectivity index (χ4v) is 4.30. The molecule has 3 N–H and O–H groups in total. The highest BCUT2D eigenvalue weighted by Gasteiger charge is 2.20. The number of hydrogen-bond acceptors (Lipinski definition) is 3. The Morgan fingerprint density at radius 2 is 1.65 bits per heavy atom. The van der Waals surface area contributed by atoms with Gasteiger partial charge in [0.15, 0.2) is 0 Å². The van der Waals surface area contributed by atoms with Gasteiger partial charge in [-0.15, -0.1) is 0 Å². The standard InChI is InChI=1S/C26H29N3O2/c1-18(21-15-8-10-19-9-2-5-13-22(19)21)27-17-25(30)29-24-16-7-6-14-23(24)26(31)28-20-11-3-4-12-20/h2,5-10,13-16,18,20,27H,3-4,11-12,17H2,1H3,(H,28,31)(H,29,30)/t18-/m1/s1. The monoisotopic (exact) mass is 415 g/mol. The van der Waals surface area contributed by atoms with Crippen molar-refractivity contribution in [2.45, 2.75) is 44.7 Å². The number of anilines is 1. The van der Waals surface area contributed by atoms with Crippen LogP contribution in [0.25, 0.3) is 10.8 Å². The zero-order valence-electron chi connectivity index (χ0n) is 17.9. The van der Waals surface area contributed by atoms with Crippen LogP contribution in [0.4, 0.5) is 5.69 Å². The largest absolute Gasteiger partial charge is 0.349 e. The molecule has 0 radical (unpaired) electrons. The zero-order chi connectivity index (χ0) is 21.6. The Bertz CT molecular complexity index is 1070. The molecular weight excluding hydrogens is 386 g/mol. The Morgan fingerprint density at radius 1 is 0.935 bits per heavy atom. The second kappa shape index (κ2) is 9.75. The van der Waals surface area contributed by atoms with Crippen molar-refractivity contribution in [3.63, 3.8) is 0 Å². The van der Waals surface area contributed by atoms with Crippen LogP contribution in [0.15, 0.2) is 66.7 Å². The van der Waals surface area contributed by atoms with E-state index in [1.165, 1.54) is 10.8 Å². The van der Waals surface area contributed by atoms with Gasteiger partial charge in [0.25, 0.3) is 5.91 Å². The van der Waals surface area contributed by atoms with Gasteiger partial charge in [-0.2, -0.15) is 0 Å². The maximum absolute atomic E-state index is 12.7. The predicted octanol–water partition coefficient (Wildman–Crippen LogP) is 4.80. The lowest BCUT2D eigenvalue weighted by Gasteiger charge is -2.17. The highest BCUT2D eigenvalue weighted by atomic mass is 16.2. The van der Waals surface area contributed by atoms with Crippen molar-refractivity contribution in [1.82, 2.24) is 10.6 Å². The topological polar surface area (TPSA) is 70.2 Å². The van der Waals surface area contributed by atoms with Crippen molar-refractivity contribution >= 4 is 28.3 Å². The summed E-state index contributed by atoms with van der Waals surface area (Å²) in [5.41, 5.74) is 2.20. The van der Waals surface area contributed by atoms with Gasteiger partial charge >= 0.3 is 0 Å². The quantitative estimate of drug-likeness (QED) is 0.519. The molecule has 0 heterocycles. The molecule has 4 rings (SSSR count). The summed E-state index contributed by atoms with van der Waals surface area (Å²) < 4.78 is 0. The summed E-state index contributed by atoms with van der Waals surface area (Å²) in [7, 11) is 0. The first-order valence-electron chi connectivity index (χ1n) is 11.0. The van der Waals surface area contributed by atoms with Crippen molar-refractivity contribution in [2.75, 3.05) is 11.9 Å². The van der Waals surface area contributed by atoms with E-state index in [1.54, 1.807) is 12.1 Å². The smallest absolute Gasteiger partial charge is 0.253 e. The lowest BCUT2D eigenvalue weighted by Crippen LogP contribution is -2.34. The van der Waals surface area contributed by atoms with Gasteiger partial charge in [0.1, 0.15) is 0 Å². The van der Waals surface area contributed by atoms with Crippen LogP contribution >= 0.6 is 0 Å². The molecule has 3 aromatic carbocycles. The van der Waals surface area contributed by atoms with Crippen LogP contribution < -0.4 is 16.0 Å². The zero-order valence-corrected chi connectivity index (χ0v) is 17.9. The van der Waals surface area contributed by atoms with E-state index in [2.05, 4.69) is 47.1 Å². The second-order valence-electron chi connectivity index (χ2n) is 8.22. The molecule has 1 saturated carbocycles. The summed E-state index contributed by atoms with van der Waals surface area (Å²) in [5.74, 6) is -0.298. The van der Waals surface area contributed by atoms with E-state index in [4.69, 9.17) is 0 Å². The maximum Gasteiger partial charge on any atom is 0.253 e. The molecule has 0 unspecified atom stereocenters. The van der Waals surface area contributed by atoms with E-state index < -0.39 is 0 Å². The number of carbonyl (C=O) groups excluding carboxylic acids is 2. The van der Waals surface area contributed by atoms with Gasteiger partial charge in [-0.25, -0.2) is 0 Å². The summed E-state index contributed by atoms with van der Waals surface area (Å²) in [6.45, 7) is 2.21. The maximum atomic E-state index is 12.7. The number of amides is 2. The molecule has 1 fully saturated rings. The van der Waals surface area contributed by atoms with Crippen LogP contribution in [0.1, 0.15) is 54.6 Å². The number of fused-ring (bicyclic) bond motifs is 1. The minimum absolute atomic E-state index is 0.0118. The van der Waals surface area contributed by atoms with Crippen LogP contribution in [-0.4, -0.2) is 24.4 Å². The first kappa shape index (κ1) is 21.1. The van der Waals surface area contributed by atoms with E-state index in [1.807, 2.05) is 30.3 Å². The lowest BCUT2D eigenvalue weighted by atomic mass is 10.00. The fraction of sp³-hybridized carbons (Fsp3) is 0.308. The highest BCUT2D eigenvalue weighted by Crippen LogP contribution is 2.24. The molecule has 1 atom stereocenters. The number of hydrogen-bond donors (Lipinski definition) is 3. The average molecular weight is 416 g/mol. The molecule has 5 heteroatoms.